The number of aromatic amines is 2. The van der Waals surface area contributed by atoms with Gasteiger partial charge in [0.25, 0.3) is 0 Å². The molecule has 8 rings (SSSR count). The number of aromatic nitrogens is 4. The van der Waals surface area contributed by atoms with Crippen LogP contribution in [0.3, 0.4) is 0 Å². The van der Waals surface area contributed by atoms with Gasteiger partial charge in [0.15, 0.2) is 0 Å². The normalized spacial score (nSPS) is 13.9. The Bertz CT molecular complexity index is 1890. The molecule has 2 aromatic heterocycles. The van der Waals surface area contributed by atoms with Crippen LogP contribution in [0.25, 0.3) is 77.6 Å². The monoisotopic (exact) mass is 410 g/mol. The summed E-state index contributed by atoms with van der Waals surface area (Å²) in [4.78, 5) is 17.7. The van der Waals surface area contributed by atoms with E-state index in [1.807, 2.05) is 0 Å². The molecule has 7 aromatic rings. The third-order valence-electron chi connectivity index (χ3n) is 6.92. The van der Waals surface area contributed by atoms with E-state index >= 15 is 0 Å². The third-order valence-corrected chi connectivity index (χ3v) is 6.92. The van der Waals surface area contributed by atoms with Crippen molar-refractivity contribution in [1.29, 1.82) is 0 Å². The molecule has 5 aromatic carbocycles. The number of para-hydroxylation sites is 2. The van der Waals surface area contributed by atoms with Crippen LogP contribution in [0.2, 0.25) is 0 Å². The van der Waals surface area contributed by atoms with E-state index in [1.165, 1.54) is 32.3 Å². The molecule has 0 spiro atoms. The molecule has 1 aliphatic rings. The van der Waals surface area contributed by atoms with Crippen LogP contribution in [-0.2, 0) is 0 Å². The molecule has 4 nitrogen and oxygen atoms in total. The lowest BCUT2D eigenvalue weighted by Gasteiger charge is -2.17. The Morgan fingerprint density at radius 1 is 0.531 bits per heavy atom. The molecule has 1 aliphatic carbocycles. The minimum atomic E-state index is 0.991. The molecule has 32 heavy (non-hydrogen) atoms. The maximum atomic E-state index is 5.13. The highest BCUT2D eigenvalue weighted by Gasteiger charge is 2.19. The van der Waals surface area contributed by atoms with Gasteiger partial charge in [0, 0.05) is 32.3 Å². The zero-order valence-electron chi connectivity index (χ0n) is 17.2. The second kappa shape index (κ2) is 5.74. The highest BCUT2D eigenvalue weighted by atomic mass is 14.8. The van der Waals surface area contributed by atoms with Crippen molar-refractivity contribution in [2.24, 2.45) is 0 Å². The Labute approximate surface area is 181 Å². The lowest BCUT2D eigenvalue weighted by Crippen LogP contribution is -2.33. The van der Waals surface area contributed by atoms with Gasteiger partial charge < -0.3 is 9.97 Å². The van der Waals surface area contributed by atoms with E-state index in [0.717, 1.165) is 56.6 Å². The van der Waals surface area contributed by atoms with Crippen LogP contribution in [0.15, 0.2) is 60.7 Å². The largest absolute Gasteiger partial charge is 0.352 e. The van der Waals surface area contributed by atoms with E-state index in [4.69, 9.17) is 9.97 Å². The second-order valence-electron chi connectivity index (χ2n) is 8.68. The fourth-order valence-electron chi connectivity index (χ4n) is 5.53. The van der Waals surface area contributed by atoms with Crippen LogP contribution < -0.4 is 10.7 Å². The first kappa shape index (κ1) is 16.5. The van der Waals surface area contributed by atoms with Crippen LogP contribution in [0.4, 0.5) is 0 Å². The Hall–Kier alpha value is -4.18. The van der Waals surface area contributed by atoms with E-state index in [-0.39, 0.29) is 0 Å². The summed E-state index contributed by atoms with van der Waals surface area (Å²) in [5, 5.41) is 9.28. The van der Waals surface area contributed by atoms with E-state index in [9.17, 15) is 0 Å². The van der Waals surface area contributed by atoms with E-state index in [2.05, 4.69) is 82.8 Å². The van der Waals surface area contributed by atoms with Crippen LogP contribution in [0.1, 0.15) is 12.8 Å². The number of nitrogens with zero attached hydrogens (tertiary/aromatic N) is 2. The summed E-state index contributed by atoms with van der Waals surface area (Å²) >= 11 is 0. The maximum Gasteiger partial charge on any atom is 0.0979 e. The molecule has 2 N–H and O–H groups in total. The van der Waals surface area contributed by atoms with E-state index in [1.54, 1.807) is 0 Å². The van der Waals surface area contributed by atoms with Crippen molar-refractivity contribution in [2.45, 2.75) is 12.8 Å². The highest BCUT2D eigenvalue weighted by molar-refractivity contribution is 6.38. The molecule has 0 bridgehead atoms. The van der Waals surface area contributed by atoms with Gasteiger partial charge in [-0.1, -0.05) is 60.7 Å². The lowest BCUT2D eigenvalue weighted by atomic mass is 9.91. The summed E-state index contributed by atoms with van der Waals surface area (Å²) in [5.74, 6) is 0. The van der Waals surface area contributed by atoms with Gasteiger partial charge in [0.1, 0.15) is 0 Å². The minimum absolute atomic E-state index is 0.991. The quantitative estimate of drug-likeness (QED) is 0.260. The van der Waals surface area contributed by atoms with Crippen molar-refractivity contribution in [3.63, 3.8) is 0 Å². The van der Waals surface area contributed by atoms with Crippen LogP contribution in [0.5, 0.6) is 0 Å². The van der Waals surface area contributed by atoms with E-state index in [0.29, 0.717) is 0 Å². The predicted octanol–water partition coefficient (Wildman–Crippen LogP) is 5.41. The first-order valence-electron chi connectivity index (χ1n) is 11.1. The number of rotatable bonds is 0. The van der Waals surface area contributed by atoms with Crippen molar-refractivity contribution in [1.82, 2.24) is 19.9 Å². The van der Waals surface area contributed by atoms with Crippen LogP contribution in [-0.4, -0.2) is 19.9 Å². The minimum Gasteiger partial charge on any atom is -0.352 e. The highest BCUT2D eigenvalue weighted by Crippen LogP contribution is 2.42. The molecule has 4 heteroatoms. The number of H-pyrrole nitrogens is 2. The molecule has 0 fully saturated rings. The number of nitrogens with one attached hydrogen (secondary N) is 2. The Morgan fingerprint density at radius 2 is 1.00 bits per heavy atom. The van der Waals surface area contributed by atoms with Crippen molar-refractivity contribution >= 4 is 77.6 Å². The Morgan fingerprint density at radius 3 is 1.50 bits per heavy atom. The molecular formula is C28H18N4. The maximum absolute atomic E-state index is 5.13. The van der Waals surface area contributed by atoms with Crippen molar-refractivity contribution in [2.75, 3.05) is 0 Å². The zero-order valence-corrected chi connectivity index (χ0v) is 17.2. The van der Waals surface area contributed by atoms with Gasteiger partial charge in [0.2, 0.25) is 0 Å². The molecular weight excluding hydrogens is 392 g/mol. The number of hydrogen-bond donors (Lipinski definition) is 2. The van der Waals surface area contributed by atoms with Gasteiger partial charge >= 0.3 is 0 Å². The molecule has 0 unspecified atom stereocenters. The average Bonchev–Trinajstić information content (AvgIpc) is 2.86. The zero-order chi connectivity index (χ0) is 20.8. The molecule has 0 saturated heterocycles. The summed E-state index contributed by atoms with van der Waals surface area (Å²) in [7, 11) is 0. The molecule has 2 heterocycles. The van der Waals surface area contributed by atoms with Crippen molar-refractivity contribution in [3.05, 3.63) is 71.4 Å². The summed E-state index contributed by atoms with van der Waals surface area (Å²) in [6.07, 6.45) is 6.49. The SMILES string of the molecule is C1=c2nc3c4cccc5c6[nH]c7ccccc7[nH]c6c6cccc(c3nc2=CCC1)c6c45. The van der Waals surface area contributed by atoms with Crippen molar-refractivity contribution < 1.29 is 0 Å². The third kappa shape index (κ3) is 1.97. The number of benzene rings is 5. The first-order chi connectivity index (χ1) is 15.9. The molecule has 0 amide bonds. The van der Waals surface area contributed by atoms with Gasteiger partial charge in [-0.05, 0) is 25.0 Å². The first-order valence-corrected chi connectivity index (χ1v) is 11.1. The summed E-state index contributed by atoms with van der Waals surface area (Å²) < 4.78 is 0. The molecule has 0 saturated carbocycles. The Balaban J connectivity index is 1.75. The van der Waals surface area contributed by atoms with Gasteiger partial charge in [-0.15, -0.1) is 0 Å². The molecule has 0 radical (unpaired) electrons. The van der Waals surface area contributed by atoms with Crippen LogP contribution >= 0.6 is 0 Å². The molecule has 150 valence electrons. The lowest BCUT2D eigenvalue weighted by molar-refractivity contribution is 1.05. The summed E-state index contributed by atoms with van der Waals surface area (Å²) in [6, 6.07) is 21.5. The average molecular weight is 410 g/mol. The fraction of sp³-hybridized carbons (Fsp3) is 0.0714. The van der Waals surface area contributed by atoms with Crippen molar-refractivity contribution in [3.8, 4) is 0 Å². The topological polar surface area (TPSA) is 57.4 Å². The number of hydrogen-bond acceptors (Lipinski definition) is 2. The fourth-order valence-corrected chi connectivity index (χ4v) is 5.53. The standard InChI is InChI=1S/C28H18N4/c1-2-12-20-19(11-1)29-25-15-7-5-9-17-23(15)24-16(26(25)30-20)8-6-10-18(24)28-27(17)31-21-13-3-4-14-22(21)32-28/h1-2,5-14,29-30H,3-4H2. The van der Waals surface area contributed by atoms with E-state index < -0.39 is 0 Å². The Kier molecular flexibility index (Phi) is 2.96. The smallest absolute Gasteiger partial charge is 0.0979 e. The number of fused-ring (bicyclic) bond motifs is 8. The van der Waals surface area contributed by atoms with Gasteiger partial charge in [0.05, 0.1) is 43.8 Å². The molecule has 0 aliphatic heterocycles. The second-order valence-corrected chi connectivity index (χ2v) is 8.68. The van der Waals surface area contributed by atoms with Crippen LogP contribution in [0, 0.1) is 0 Å². The summed E-state index contributed by atoms with van der Waals surface area (Å²) in [5.41, 5.74) is 6.42. The van der Waals surface area contributed by atoms with Gasteiger partial charge in [-0.3, -0.25) is 0 Å². The molecule has 0 atom stereocenters. The van der Waals surface area contributed by atoms with Gasteiger partial charge in [-0.25, -0.2) is 9.97 Å². The van der Waals surface area contributed by atoms with Gasteiger partial charge in [-0.2, -0.15) is 0 Å². The predicted molar refractivity (Wildman–Crippen MR) is 133 cm³/mol. The summed E-state index contributed by atoms with van der Waals surface area (Å²) in [6.45, 7) is 0.